The van der Waals surface area contributed by atoms with Crippen molar-refractivity contribution in [2.45, 2.75) is 19.8 Å². The molecule has 2 rings (SSSR count). The number of hydrogen-bond acceptors (Lipinski definition) is 4. The van der Waals surface area contributed by atoms with Gasteiger partial charge in [0.2, 0.25) is 0 Å². The van der Waals surface area contributed by atoms with E-state index >= 15 is 0 Å². The SMILES string of the molecule is CCCCOc1ccc(Cl)cc1C(=O)OCC(=O)c1ccc(Cl)cc1. The van der Waals surface area contributed by atoms with Crippen LogP contribution in [0.3, 0.4) is 0 Å². The molecule has 0 radical (unpaired) electrons. The van der Waals surface area contributed by atoms with Gasteiger partial charge in [-0.1, -0.05) is 36.5 Å². The number of halogens is 2. The fraction of sp³-hybridized carbons (Fsp3) is 0.263. The van der Waals surface area contributed by atoms with Gasteiger partial charge in [-0.2, -0.15) is 0 Å². The molecule has 2 aromatic carbocycles. The Kier molecular flexibility index (Phi) is 7.29. The molecule has 0 aliphatic carbocycles. The second-order valence-corrected chi connectivity index (χ2v) is 6.22. The normalized spacial score (nSPS) is 10.4. The molecule has 0 unspecified atom stereocenters. The second kappa shape index (κ2) is 9.44. The Bertz CT molecular complexity index is 742. The lowest BCUT2D eigenvalue weighted by atomic mass is 10.1. The predicted octanol–water partition coefficient (Wildman–Crippen LogP) is 5.21. The van der Waals surface area contributed by atoms with Crippen molar-refractivity contribution >= 4 is 35.0 Å². The minimum absolute atomic E-state index is 0.201. The van der Waals surface area contributed by atoms with Gasteiger partial charge >= 0.3 is 5.97 Å². The minimum atomic E-state index is -0.656. The first kappa shape index (κ1) is 19.3. The number of hydrogen-bond donors (Lipinski definition) is 0. The summed E-state index contributed by atoms with van der Waals surface area (Å²) in [5.41, 5.74) is 0.621. The monoisotopic (exact) mass is 380 g/mol. The molecule has 0 fully saturated rings. The van der Waals surface area contributed by atoms with Gasteiger partial charge in [-0.15, -0.1) is 0 Å². The van der Waals surface area contributed by atoms with Crippen LogP contribution in [0.5, 0.6) is 5.75 Å². The first-order valence-electron chi connectivity index (χ1n) is 7.89. The third-order valence-electron chi connectivity index (χ3n) is 3.42. The Balaban J connectivity index is 2.03. The fourth-order valence-corrected chi connectivity index (χ4v) is 2.34. The molecule has 0 heterocycles. The van der Waals surface area contributed by atoms with E-state index in [0.717, 1.165) is 12.8 Å². The summed E-state index contributed by atoms with van der Waals surface area (Å²) >= 11 is 11.7. The Morgan fingerprint density at radius 1 is 1.00 bits per heavy atom. The molecule has 2 aromatic rings. The number of unbranched alkanes of at least 4 members (excludes halogenated alkanes) is 1. The summed E-state index contributed by atoms with van der Waals surface area (Å²) in [5.74, 6) is -0.585. The van der Waals surface area contributed by atoms with Crippen LogP contribution in [0.15, 0.2) is 42.5 Å². The Morgan fingerprint density at radius 3 is 2.36 bits per heavy atom. The van der Waals surface area contributed by atoms with Crippen molar-refractivity contribution in [3.05, 3.63) is 63.6 Å². The summed E-state index contributed by atoms with van der Waals surface area (Å²) in [6.45, 7) is 2.16. The molecule has 0 spiro atoms. The Hall–Kier alpha value is -2.04. The third-order valence-corrected chi connectivity index (χ3v) is 3.90. The number of carbonyl (C=O) groups is 2. The van der Waals surface area contributed by atoms with Crippen LogP contribution in [0.2, 0.25) is 10.0 Å². The van der Waals surface area contributed by atoms with Gasteiger partial charge in [0.15, 0.2) is 12.4 Å². The van der Waals surface area contributed by atoms with Crippen LogP contribution < -0.4 is 4.74 Å². The van der Waals surface area contributed by atoms with Crippen LogP contribution in [-0.4, -0.2) is 25.0 Å². The van der Waals surface area contributed by atoms with Crippen LogP contribution in [0.25, 0.3) is 0 Å². The standard InChI is InChI=1S/C19H18Cl2O4/c1-2-3-10-24-18-9-8-15(21)11-16(18)19(23)25-12-17(22)13-4-6-14(20)7-5-13/h4-9,11H,2-3,10,12H2,1H3. The van der Waals surface area contributed by atoms with Crippen molar-refractivity contribution < 1.29 is 19.1 Å². The molecule has 0 bridgehead atoms. The number of rotatable bonds is 8. The average molecular weight is 381 g/mol. The molecule has 25 heavy (non-hydrogen) atoms. The maximum Gasteiger partial charge on any atom is 0.342 e. The molecule has 0 amide bonds. The summed E-state index contributed by atoms with van der Waals surface area (Å²) in [6.07, 6.45) is 1.84. The van der Waals surface area contributed by atoms with Crippen LogP contribution in [0.1, 0.15) is 40.5 Å². The minimum Gasteiger partial charge on any atom is -0.493 e. The van der Waals surface area contributed by atoms with Crippen LogP contribution in [0, 0.1) is 0 Å². The van der Waals surface area contributed by atoms with E-state index in [0.29, 0.717) is 28.0 Å². The molecule has 0 aliphatic rings. The van der Waals surface area contributed by atoms with Crippen LogP contribution in [-0.2, 0) is 4.74 Å². The maximum atomic E-state index is 12.3. The van der Waals surface area contributed by atoms with E-state index in [4.69, 9.17) is 32.7 Å². The van der Waals surface area contributed by atoms with Crippen molar-refractivity contribution in [2.24, 2.45) is 0 Å². The number of carbonyl (C=O) groups excluding carboxylic acids is 2. The molecule has 0 saturated heterocycles. The quantitative estimate of drug-likeness (QED) is 0.358. The molecule has 0 aliphatic heterocycles. The molecule has 0 atom stereocenters. The van der Waals surface area contributed by atoms with E-state index in [-0.39, 0.29) is 18.0 Å². The molecule has 4 nitrogen and oxygen atoms in total. The van der Waals surface area contributed by atoms with Gasteiger partial charge in [0.05, 0.1) is 6.61 Å². The van der Waals surface area contributed by atoms with E-state index in [1.165, 1.54) is 6.07 Å². The molecule has 0 aromatic heterocycles. The number of Topliss-reactive ketones (excluding diaryl/α,β-unsaturated/α-hetero) is 1. The number of benzene rings is 2. The van der Waals surface area contributed by atoms with Crippen molar-refractivity contribution in [1.29, 1.82) is 0 Å². The van der Waals surface area contributed by atoms with Crippen LogP contribution >= 0.6 is 23.2 Å². The van der Waals surface area contributed by atoms with E-state index in [1.807, 2.05) is 6.92 Å². The average Bonchev–Trinajstić information content (AvgIpc) is 2.61. The van der Waals surface area contributed by atoms with Gasteiger partial charge in [0.25, 0.3) is 0 Å². The molecular weight excluding hydrogens is 363 g/mol. The molecule has 6 heteroatoms. The van der Waals surface area contributed by atoms with Gasteiger partial charge in [-0.05, 0) is 48.9 Å². The lowest BCUT2D eigenvalue weighted by molar-refractivity contribution is 0.0470. The van der Waals surface area contributed by atoms with Gasteiger partial charge < -0.3 is 9.47 Å². The lowest BCUT2D eigenvalue weighted by Gasteiger charge is -2.11. The second-order valence-electron chi connectivity index (χ2n) is 5.35. The van der Waals surface area contributed by atoms with Crippen molar-refractivity contribution in [2.75, 3.05) is 13.2 Å². The van der Waals surface area contributed by atoms with Gasteiger partial charge in [-0.3, -0.25) is 4.79 Å². The fourth-order valence-electron chi connectivity index (χ4n) is 2.04. The topological polar surface area (TPSA) is 52.6 Å². The molecular formula is C19H18Cl2O4. The largest absolute Gasteiger partial charge is 0.493 e. The molecule has 0 saturated carbocycles. The highest BCUT2D eigenvalue weighted by Gasteiger charge is 2.17. The first-order valence-corrected chi connectivity index (χ1v) is 8.65. The highest BCUT2D eigenvalue weighted by atomic mass is 35.5. The summed E-state index contributed by atoms with van der Waals surface area (Å²) in [6, 6.07) is 11.1. The van der Waals surface area contributed by atoms with E-state index < -0.39 is 5.97 Å². The highest BCUT2D eigenvalue weighted by molar-refractivity contribution is 6.31. The van der Waals surface area contributed by atoms with Gasteiger partial charge in [-0.25, -0.2) is 4.79 Å². The number of ketones is 1. The zero-order chi connectivity index (χ0) is 18.2. The van der Waals surface area contributed by atoms with Crippen molar-refractivity contribution in [3.63, 3.8) is 0 Å². The smallest absolute Gasteiger partial charge is 0.342 e. The Labute approximate surface area is 156 Å². The van der Waals surface area contributed by atoms with Gasteiger partial charge in [0, 0.05) is 15.6 Å². The Morgan fingerprint density at radius 2 is 1.68 bits per heavy atom. The van der Waals surface area contributed by atoms with E-state index in [2.05, 4.69) is 0 Å². The highest BCUT2D eigenvalue weighted by Crippen LogP contribution is 2.24. The summed E-state index contributed by atoms with van der Waals surface area (Å²) in [5, 5.41) is 0.917. The number of esters is 1. The lowest BCUT2D eigenvalue weighted by Crippen LogP contribution is -2.15. The van der Waals surface area contributed by atoms with Crippen molar-refractivity contribution in [3.8, 4) is 5.75 Å². The third kappa shape index (κ3) is 5.76. The van der Waals surface area contributed by atoms with E-state index in [1.54, 1.807) is 36.4 Å². The van der Waals surface area contributed by atoms with Crippen LogP contribution in [0.4, 0.5) is 0 Å². The summed E-state index contributed by atoms with van der Waals surface area (Å²) in [7, 11) is 0. The van der Waals surface area contributed by atoms with Crippen molar-refractivity contribution in [1.82, 2.24) is 0 Å². The number of ether oxygens (including phenoxy) is 2. The molecule has 132 valence electrons. The molecule has 0 N–H and O–H groups in total. The first-order chi connectivity index (χ1) is 12.0. The summed E-state index contributed by atoms with van der Waals surface area (Å²) < 4.78 is 10.7. The summed E-state index contributed by atoms with van der Waals surface area (Å²) in [4.78, 5) is 24.4. The van der Waals surface area contributed by atoms with E-state index in [9.17, 15) is 9.59 Å². The predicted molar refractivity (Wildman–Crippen MR) is 97.9 cm³/mol. The maximum absolute atomic E-state index is 12.3. The van der Waals surface area contributed by atoms with Gasteiger partial charge in [0.1, 0.15) is 11.3 Å². The zero-order valence-electron chi connectivity index (χ0n) is 13.8. The zero-order valence-corrected chi connectivity index (χ0v) is 15.3.